The summed E-state index contributed by atoms with van der Waals surface area (Å²) in [6.07, 6.45) is 2.39. The molecule has 1 heterocycles. The molecule has 0 aliphatic rings. The van der Waals surface area contributed by atoms with E-state index in [1.165, 1.54) is 6.07 Å². The zero-order valence-electron chi connectivity index (χ0n) is 5.90. The molecule has 0 aliphatic carbocycles. The van der Waals surface area contributed by atoms with E-state index >= 15 is 0 Å². The molecule has 0 unspecified atom stereocenters. The highest BCUT2D eigenvalue weighted by Gasteiger charge is 2.09. The number of fused-ring (bicyclic) bond motifs is 1. The fourth-order valence-corrected chi connectivity index (χ4v) is 1.46. The molecule has 0 amide bonds. The van der Waals surface area contributed by atoms with Gasteiger partial charge >= 0.3 is 0 Å². The summed E-state index contributed by atoms with van der Waals surface area (Å²) in [5.41, 5.74) is 5.95. The second-order valence-corrected chi connectivity index (χ2v) is 3.30. The highest BCUT2D eigenvalue weighted by molar-refractivity contribution is 9.10. The van der Waals surface area contributed by atoms with Crippen LogP contribution in [0.15, 0.2) is 21.0 Å². The number of rotatable bonds is 0. The number of nitrogens with two attached hydrogens (primary N) is 1. The molecule has 12 heavy (non-hydrogen) atoms. The zero-order valence-corrected chi connectivity index (χ0v) is 7.48. The van der Waals surface area contributed by atoms with Crippen LogP contribution in [-0.2, 0) is 0 Å². The molecular formula is C8H4BrFNO. The predicted octanol–water partition coefficient (Wildman–Crippen LogP) is 2.72. The molecule has 2 nitrogen and oxygen atoms in total. The van der Waals surface area contributed by atoms with Gasteiger partial charge in [-0.15, -0.1) is 0 Å². The molecule has 0 aliphatic heterocycles. The fourth-order valence-electron chi connectivity index (χ4n) is 1.03. The first-order valence-electron chi connectivity index (χ1n) is 3.23. The topological polar surface area (TPSA) is 39.2 Å². The van der Waals surface area contributed by atoms with Crippen LogP contribution in [-0.4, -0.2) is 0 Å². The first-order valence-corrected chi connectivity index (χ1v) is 4.02. The van der Waals surface area contributed by atoms with Gasteiger partial charge in [0.25, 0.3) is 0 Å². The van der Waals surface area contributed by atoms with Crippen LogP contribution in [0, 0.1) is 12.1 Å². The first-order chi connectivity index (χ1) is 5.68. The Morgan fingerprint density at radius 1 is 1.50 bits per heavy atom. The third kappa shape index (κ3) is 0.992. The molecule has 1 aromatic carbocycles. The molecule has 4 heteroatoms. The summed E-state index contributed by atoms with van der Waals surface area (Å²) in [5, 5.41) is 0.543. The van der Waals surface area contributed by atoms with Gasteiger partial charge in [-0.2, -0.15) is 0 Å². The van der Waals surface area contributed by atoms with E-state index in [1.54, 1.807) is 6.07 Å². The van der Waals surface area contributed by atoms with Crippen molar-refractivity contribution in [3.05, 3.63) is 28.7 Å². The Morgan fingerprint density at radius 3 is 3.00 bits per heavy atom. The van der Waals surface area contributed by atoms with E-state index in [1.807, 2.05) is 0 Å². The molecule has 0 fully saturated rings. The van der Waals surface area contributed by atoms with Crippen molar-refractivity contribution in [1.29, 1.82) is 0 Å². The summed E-state index contributed by atoms with van der Waals surface area (Å²) in [4.78, 5) is 0. The van der Waals surface area contributed by atoms with Crippen molar-refractivity contribution in [2.75, 3.05) is 5.73 Å². The Kier molecular flexibility index (Phi) is 1.58. The van der Waals surface area contributed by atoms with Crippen LogP contribution in [0.25, 0.3) is 11.0 Å². The lowest BCUT2D eigenvalue weighted by Gasteiger charge is -1.93. The Labute approximate surface area is 76.3 Å². The van der Waals surface area contributed by atoms with Gasteiger partial charge in [0.05, 0.1) is 5.69 Å². The second-order valence-electron chi connectivity index (χ2n) is 2.38. The van der Waals surface area contributed by atoms with E-state index in [4.69, 9.17) is 10.2 Å². The molecule has 2 N–H and O–H groups in total. The molecule has 0 saturated heterocycles. The van der Waals surface area contributed by atoms with Gasteiger partial charge in [-0.25, -0.2) is 4.39 Å². The second kappa shape index (κ2) is 2.48. The summed E-state index contributed by atoms with van der Waals surface area (Å²) >= 11 is 3.15. The highest BCUT2D eigenvalue weighted by atomic mass is 79.9. The van der Waals surface area contributed by atoms with Crippen molar-refractivity contribution >= 4 is 32.6 Å². The average Bonchev–Trinajstić information content (AvgIpc) is 2.33. The number of hydrogen-bond acceptors (Lipinski definition) is 2. The average molecular weight is 229 g/mol. The van der Waals surface area contributed by atoms with E-state index in [-0.39, 0.29) is 5.58 Å². The Hall–Kier alpha value is -1.03. The van der Waals surface area contributed by atoms with Crippen molar-refractivity contribution in [3.8, 4) is 0 Å². The maximum absolute atomic E-state index is 13.1. The summed E-state index contributed by atoms with van der Waals surface area (Å²) in [6, 6.07) is 3.01. The smallest absolute Gasteiger partial charge is 0.195 e. The molecular weight excluding hydrogens is 225 g/mol. The number of benzene rings is 1. The minimum absolute atomic E-state index is 0.149. The summed E-state index contributed by atoms with van der Waals surface area (Å²) < 4.78 is 18.5. The van der Waals surface area contributed by atoms with Gasteiger partial charge in [0.1, 0.15) is 0 Å². The van der Waals surface area contributed by atoms with Gasteiger partial charge in [0.15, 0.2) is 17.7 Å². The van der Waals surface area contributed by atoms with Crippen LogP contribution in [0.4, 0.5) is 10.1 Å². The van der Waals surface area contributed by atoms with Crippen molar-refractivity contribution in [2.45, 2.75) is 0 Å². The number of halogens is 2. The van der Waals surface area contributed by atoms with Crippen molar-refractivity contribution in [2.24, 2.45) is 0 Å². The predicted molar refractivity (Wildman–Crippen MR) is 47.1 cm³/mol. The Bertz CT molecular complexity index is 438. The van der Waals surface area contributed by atoms with Crippen LogP contribution in [0.3, 0.4) is 0 Å². The quantitative estimate of drug-likeness (QED) is 0.754. The van der Waals surface area contributed by atoms with Crippen molar-refractivity contribution < 1.29 is 8.81 Å². The largest absolute Gasteiger partial charge is 0.447 e. The lowest BCUT2D eigenvalue weighted by atomic mass is 10.2. The summed E-state index contributed by atoms with van der Waals surface area (Å²) in [5.74, 6) is -0.438. The van der Waals surface area contributed by atoms with Gasteiger partial charge < -0.3 is 10.2 Å². The molecule has 61 valence electrons. The standard InChI is InChI=1S/C8H4BrFNO/c9-4-1-5-7(11)3-12-8(5)6(10)2-4/h1-2H,11H2. The van der Waals surface area contributed by atoms with Crippen molar-refractivity contribution in [3.63, 3.8) is 0 Å². The van der Waals surface area contributed by atoms with Gasteiger partial charge in [-0.1, -0.05) is 15.9 Å². The first kappa shape index (κ1) is 7.61. The monoisotopic (exact) mass is 228 g/mol. The fraction of sp³-hybridized carbons (Fsp3) is 0. The van der Waals surface area contributed by atoms with Crippen molar-refractivity contribution in [1.82, 2.24) is 0 Å². The van der Waals surface area contributed by atoms with E-state index < -0.39 is 5.82 Å². The minimum Gasteiger partial charge on any atom is -0.447 e. The third-order valence-corrected chi connectivity index (χ3v) is 2.02. The Balaban J connectivity index is 2.92. The number of furan rings is 1. The third-order valence-electron chi connectivity index (χ3n) is 1.56. The van der Waals surface area contributed by atoms with Crippen LogP contribution < -0.4 is 5.73 Å². The van der Waals surface area contributed by atoms with E-state index in [0.717, 1.165) is 0 Å². The van der Waals surface area contributed by atoms with Crippen LogP contribution in [0.2, 0.25) is 0 Å². The Morgan fingerprint density at radius 2 is 2.25 bits per heavy atom. The number of nitrogen functional groups attached to an aromatic ring is 1. The SMILES string of the molecule is Nc1[c]oc2c(F)cc(Br)cc12. The lowest BCUT2D eigenvalue weighted by molar-refractivity contribution is 0.555. The van der Waals surface area contributed by atoms with Gasteiger partial charge in [0.2, 0.25) is 0 Å². The minimum atomic E-state index is -0.438. The van der Waals surface area contributed by atoms with Gasteiger partial charge in [0, 0.05) is 9.86 Å². The normalized spacial score (nSPS) is 10.8. The van der Waals surface area contributed by atoms with Crippen LogP contribution in [0.5, 0.6) is 0 Å². The van der Waals surface area contributed by atoms with E-state index in [2.05, 4.69) is 22.2 Å². The molecule has 1 radical (unpaired) electrons. The molecule has 2 aromatic rings. The maximum Gasteiger partial charge on any atom is 0.195 e. The lowest BCUT2D eigenvalue weighted by Crippen LogP contribution is -1.82. The molecule has 2 rings (SSSR count). The van der Waals surface area contributed by atoms with E-state index in [9.17, 15) is 4.39 Å². The maximum atomic E-state index is 13.1. The van der Waals surface area contributed by atoms with Gasteiger partial charge in [-0.3, -0.25) is 0 Å². The van der Waals surface area contributed by atoms with Crippen LogP contribution in [0.1, 0.15) is 0 Å². The molecule has 0 atom stereocenters. The molecule has 0 spiro atoms. The summed E-state index contributed by atoms with van der Waals surface area (Å²) in [6.45, 7) is 0. The molecule has 0 saturated carbocycles. The summed E-state index contributed by atoms with van der Waals surface area (Å²) in [7, 11) is 0. The van der Waals surface area contributed by atoms with E-state index in [0.29, 0.717) is 15.5 Å². The molecule has 0 bridgehead atoms. The van der Waals surface area contributed by atoms with Gasteiger partial charge in [-0.05, 0) is 12.1 Å². The number of hydrogen-bond donors (Lipinski definition) is 1. The molecule has 1 aromatic heterocycles. The highest BCUT2D eigenvalue weighted by Crippen LogP contribution is 2.28. The number of anilines is 1. The zero-order chi connectivity index (χ0) is 8.72. The van der Waals surface area contributed by atoms with Crippen LogP contribution >= 0.6 is 15.9 Å².